The second kappa shape index (κ2) is 6.46. The largest absolute Gasteiger partial charge is 0.433 e. The molecule has 0 radical (unpaired) electrons. The van der Waals surface area contributed by atoms with Gasteiger partial charge >= 0.3 is 6.18 Å². The second-order valence-corrected chi connectivity index (χ2v) is 5.13. The number of nitrogens with one attached hydrogen (secondary N) is 2. The number of hydrogen-bond acceptors (Lipinski definition) is 5. The molecule has 0 unspecified atom stereocenters. The van der Waals surface area contributed by atoms with Crippen LogP contribution in [0.5, 0.6) is 0 Å². The fraction of sp³-hybridized carbons (Fsp3) is 0.692. The quantitative estimate of drug-likeness (QED) is 0.810. The summed E-state index contributed by atoms with van der Waals surface area (Å²) >= 11 is 0. The lowest BCUT2D eigenvalue weighted by Crippen LogP contribution is -2.27. The molecule has 118 valence electrons. The first-order valence-corrected chi connectivity index (χ1v) is 7.04. The number of nitrogens with zero attached hydrogens (tertiary/aromatic N) is 3. The number of halogens is 3. The van der Waals surface area contributed by atoms with Gasteiger partial charge in [0.05, 0.1) is 0 Å². The van der Waals surface area contributed by atoms with Crippen molar-refractivity contribution >= 4 is 11.8 Å². The van der Waals surface area contributed by atoms with Crippen LogP contribution in [0.3, 0.4) is 0 Å². The Labute approximate surface area is 122 Å². The first-order chi connectivity index (χ1) is 9.90. The lowest BCUT2D eigenvalue weighted by molar-refractivity contribution is -0.141. The lowest BCUT2D eigenvalue weighted by atomic mass is 10.3. The monoisotopic (exact) mass is 303 g/mol. The fourth-order valence-corrected chi connectivity index (χ4v) is 1.98. The molecule has 2 N–H and O–H groups in total. The Hall–Kier alpha value is -1.57. The van der Waals surface area contributed by atoms with E-state index < -0.39 is 11.9 Å². The van der Waals surface area contributed by atoms with Crippen molar-refractivity contribution < 1.29 is 13.2 Å². The van der Waals surface area contributed by atoms with E-state index in [0.29, 0.717) is 19.1 Å². The molecule has 1 heterocycles. The van der Waals surface area contributed by atoms with E-state index >= 15 is 0 Å². The first kappa shape index (κ1) is 15.8. The van der Waals surface area contributed by atoms with Crippen molar-refractivity contribution in [3.8, 4) is 0 Å². The third kappa shape index (κ3) is 4.73. The molecule has 2 rings (SSSR count). The Bertz CT molecular complexity index is 473. The third-order valence-electron chi connectivity index (χ3n) is 3.29. The van der Waals surface area contributed by atoms with Crippen LogP contribution in [0, 0.1) is 0 Å². The van der Waals surface area contributed by atoms with Crippen molar-refractivity contribution in [1.82, 2.24) is 14.9 Å². The zero-order valence-electron chi connectivity index (χ0n) is 12.2. The molecule has 8 heteroatoms. The minimum atomic E-state index is -4.48. The van der Waals surface area contributed by atoms with Gasteiger partial charge in [-0.2, -0.15) is 18.2 Å². The Morgan fingerprint density at radius 1 is 1.29 bits per heavy atom. The molecule has 0 aliphatic heterocycles. The van der Waals surface area contributed by atoms with Gasteiger partial charge in [-0.1, -0.05) is 0 Å². The number of anilines is 2. The molecule has 1 aromatic rings. The summed E-state index contributed by atoms with van der Waals surface area (Å²) in [7, 11) is 2.02. The SMILES string of the molecule is CCNc1nc(NCCN(C)C2CC2)cc(C(F)(F)F)n1. The molecular weight excluding hydrogens is 283 g/mol. The van der Waals surface area contributed by atoms with Gasteiger partial charge in [-0.15, -0.1) is 0 Å². The van der Waals surface area contributed by atoms with Gasteiger partial charge in [-0.3, -0.25) is 0 Å². The van der Waals surface area contributed by atoms with Crippen LogP contribution in [-0.4, -0.2) is 47.6 Å². The molecule has 0 saturated heterocycles. The van der Waals surface area contributed by atoms with Gasteiger partial charge < -0.3 is 15.5 Å². The van der Waals surface area contributed by atoms with Crippen molar-refractivity contribution in [2.75, 3.05) is 37.3 Å². The van der Waals surface area contributed by atoms with Crippen LogP contribution in [-0.2, 0) is 6.18 Å². The highest BCUT2D eigenvalue weighted by molar-refractivity contribution is 5.43. The smallest absolute Gasteiger partial charge is 0.369 e. The van der Waals surface area contributed by atoms with E-state index in [1.165, 1.54) is 12.8 Å². The van der Waals surface area contributed by atoms with E-state index in [9.17, 15) is 13.2 Å². The summed E-state index contributed by atoms with van der Waals surface area (Å²) in [6.45, 7) is 3.56. The van der Waals surface area contributed by atoms with E-state index in [2.05, 4.69) is 25.5 Å². The summed E-state index contributed by atoms with van der Waals surface area (Å²) in [6, 6.07) is 1.57. The van der Waals surface area contributed by atoms with Crippen molar-refractivity contribution in [3.05, 3.63) is 11.8 Å². The minimum Gasteiger partial charge on any atom is -0.369 e. The number of alkyl halides is 3. The molecule has 1 aliphatic carbocycles. The molecule has 5 nitrogen and oxygen atoms in total. The van der Waals surface area contributed by atoms with Gasteiger partial charge in [-0.05, 0) is 26.8 Å². The molecule has 21 heavy (non-hydrogen) atoms. The Kier molecular flexibility index (Phi) is 4.87. The Morgan fingerprint density at radius 3 is 2.57 bits per heavy atom. The summed E-state index contributed by atoms with van der Waals surface area (Å²) in [5, 5.41) is 5.65. The second-order valence-electron chi connectivity index (χ2n) is 5.13. The fourth-order valence-electron chi connectivity index (χ4n) is 1.98. The van der Waals surface area contributed by atoms with Crippen molar-refractivity contribution in [2.45, 2.75) is 32.0 Å². The predicted octanol–water partition coefficient (Wildman–Crippen LogP) is 2.43. The van der Waals surface area contributed by atoms with Crippen LogP contribution in [0.15, 0.2) is 6.07 Å². The van der Waals surface area contributed by atoms with Crippen molar-refractivity contribution in [1.29, 1.82) is 0 Å². The number of likely N-dealkylation sites (N-methyl/N-ethyl adjacent to an activating group) is 1. The molecule has 0 bridgehead atoms. The summed E-state index contributed by atoms with van der Waals surface area (Å²) in [6.07, 6.45) is -2.08. The van der Waals surface area contributed by atoms with E-state index in [4.69, 9.17) is 0 Å². The van der Waals surface area contributed by atoms with Crippen LogP contribution in [0.4, 0.5) is 24.9 Å². The minimum absolute atomic E-state index is 0.00891. The zero-order chi connectivity index (χ0) is 15.5. The molecule has 1 aliphatic rings. The summed E-state index contributed by atoms with van der Waals surface area (Å²) in [4.78, 5) is 9.72. The summed E-state index contributed by atoms with van der Waals surface area (Å²) in [5.74, 6) is 0.183. The highest BCUT2D eigenvalue weighted by Gasteiger charge is 2.33. The topological polar surface area (TPSA) is 53.1 Å². The maximum Gasteiger partial charge on any atom is 0.433 e. The number of hydrogen-bond donors (Lipinski definition) is 2. The van der Waals surface area contributed by atoms with Gasteiger partial charge in [0.2, 0.25) is 5.95 Å². The molecular formula is C13H20F3N5. The Balaban J connectivity index is 2.00. The van der Waals surface area contributed by atoms with Crippen LogP contribution in [0.25, 0.3) is 0 Å². The van der Waals surface area contributed by atoms with Gasteiger partial charge in [0.15, 0.2) is 5.69 Å². The van der Waals surface area contributed by atoms with Gasteiger partial charge in [-0.25, -0.2) is 4.98 Å². The average Bonchev–Trinajstić information content (AvgIpc) is 3.22. The first-order valence-electron chi connectivity index (χ1n) is 7.04. The highest BCUT2D eigenvalue weighted by Crippen LogP contribution is 2.29. The molecule has 1 saturated carbocycles. The van der Waals surface area contributed by atoms with Gasteiger partial charge in [0.25, 0.3) is 0 Å². The zero-order valence-corrected chi connectivity index (χ0v) is 12.2. The maximum absolute atomic E-state index is 12.8. The van der Waals surface area contributed by atoms with Crippen molar-refractivity contribution in [3.63, 3.8) is 0 Å². The highest BCUT2D eigenvalue weighted by atomic mass is 19.4. The van der Waals surface area contributed by atoms with Gasteiger partial charge in [0, 0.05) is 31.7 Å². The van der Waals surface area contributed by atoms with Gasteiger partial charge in [0.1, 0.15) is 5.82 Å². The molecule has 0 spiro atoms. The molecule has 0 amide bonds. The van der Waals surface area contributed by atoms with E-state index in [0.717, 1.165) is 12.6 Å². The maximum atomic E-state index is 12.8. The van der Waals surface area contributed by atoms with Crippen LogP contribution in [0.2, 0.25) is 0 Å². The van der Waals surface area contributed by atoms with Crippen LogP contribution < -0.4 is 10.6 Å². The average molecular weight is 303 g/mol. The molecule has 1 fully saturated rings. The van der Waals surface area contributed by atoms with E-state index in [1.54, 1.807) is 6.92 Å². The summed E-state index contributed by atoms with van der Waals surface area (Å²) in [5.41, 5.74) is -0.938. The Morgan fingerprint density at radius 2 is 2.00 bits per heavy atom. The van der Waals surface area contributed by atoms with Crippen LogP contribution in [0.1, 0.15) is 25.5 Å². The normalized spacial score (nSPS) is 15.3. The summed E-state index contributed by atoms with van der Waals surface area (Å²) < 4.78 is 38.4. The van der Waals surface area contributed by atoms with Crippen molar-refractivity contribution in [2.24, 2.45) is 0 Å². The lowest BCUT2D eigenvalue weighted by Gasteiger charge is -2.17. The van der Waals surface area contributed by atoms with Crippen LogP contribution >= 0.6 is 0 Å². The van der Waals surface area contributed by atoms with E-state index in [1.807, 2.05) is 7.05 Å². The standard InChI is InChI=1S/C13H20F3N5/c1-3-17-12-19-10(13(14,15)16)8-11(20-12)18-6-7-21(2)9-4-5-9/h8-9H,3-7H2,1-2H3,(H2,17,18,19,20). The molecule has 0 aromatic carbocycles. The molecule has 1 aromatic heterocycles. The number of aromatic nitrogens is 2. The predicted molar refractivity (Wildman–Crippen MR) is 75.3 cm³/mol. The molecule has 0 atom stereocenters. The van der Waals surface area contributed by atoms with E-state index in [-0.39, 0.29) is 11.8 Å². The third-order valence-corrected chi connectivity index (χ3v) is 3.29. The number of rotatable bonds is 7.